The Hall–Kier alpha value is -3.41. The standard InChI is InChI=1S/C23H21FN2O3/c1-28-23(27)19-9-4-12-25-22(19)26-21-11-10-16(14-20(21)24)15-5-2-8-18(13-15)29-17-6-3-7-17/h2,4-5,8-14,17H,3,6-7H2,1H3,(H,25,26). The Morgan fingerprint density at radius 3 is 2.66 bits per heavy atom. The van der Waals surface area contributed by atoms with Gasteiger partial charge in [-0.1, -0.05) is 18.2 Å². The molecule has 4 rings (SSSR count). The molecule has 2 aromatic carbocycles. The summed E-state index contributed by atoms with van der Waals surface area (Å²) in [7, 11) is 1.29. The maximum absolute atomic E-state index is 14.8. The molecule has 3 aromatic rings. The van der Waals surface area contributed by atoms with Crippen LogP contribution in [0.15, 0.2) is 60.8 Å². The van der Waals surface area contributed by atoms with E-state index >= 15 is 0 Å². The summed E-state index contributed by atoms with van der Waals surface area (Å²) in [5.74, 6) is 0.0445. The minimum atomic E-state index is -0.541. The van der Waals surface area contributed by atoms with Gasteiger partial charge in [-0.3, -0.25) is 0 Å². The van der Waals surface area contributed by atoms with Gasteiger partial charge in [-0.2, -0.15) is 0 Å². The molecule has 1 aromatic heterocycles. The van der Waals surface area contributed by atoms with Crippen molar-refractivity contribution in [2.75, 3.05) is 12.4 Å². The van der Waals surface area contributed by atoms with Crippen LogP contribution in [0.3, 0.4) is 0 Å². The molecule has 1 aliphatic rings. The average molecular weight is 392 g/mol. The van der Waals surface area contributed by atoms with Crippen molar-refractivity contribution in [2.45, 2.75) is 25.4 Å². The topological polar surface area (TPSA) is 60.5 Å². The second-order valence-corrected chi connectivity index (χ2v) is 6.91. The van der Waals surface area contributed by atoms with E-state index in [9.17, 15) is 9.18 Å². The SMILES string of the molecule is COC(=O)c1cccnc1Nc1ccc(-c2cccc(OC3CCC3)c2)cc1F. The normalized spacial score (nSPS) is 13.4. The Morgan fingerprint density at radius 2 is 1.93 bits per heavy atom. The van der Waals surface area contributed by atoms with Gasteiger partial charge in [0, 0.05) is 6.20 Å². The van der Waals surface area contributed by atoms with Crippen LogP contribution in [0.1, 0.15) is 29.6 Å². The number of esters is 1. The lowest BCUT2D eigenvalue weighted by molar-refractivity contribution is 0.0601. The van der Waals surface area contributed by atoms with Crippen LogP contribution in [-0.2, 0) is 4.74 Å². The van der Waals surface area contributed by atoms with Gasteiger partial charge in [0.25, 0.3) is 0 Å². The molecule has 5 nitrogen and oxygen atoms in total. The van der Waals surface area contributed by atoms with Crippen molar-refractivity contribution in [1.82, 2.24) is 4.98 Å². The lowest BCUT2D eigenvalue weighted by atomic mass is 9.96. The molecule has 0 saturated heterocycles. The molecule has 0 bridgehead atoms. The number of carbonyl (C=O) groups excluding carboxylic acids is 1. The molecule has 0 unspecified atom stereocenters. The molecule has 0 spiro atoms. The lowest BCUT2D eigenvalue weighted by Crippen LogP contribution is -2.24. The summed E-state index contributed by atoms with van der Waals surface area (Å²) >= 11 is 0. The third-order valence-electron chi connectivity index (χ3n) is 4.96. The third kappa shape index (κ3) is 4.21. The first-order valence-electron chi connectivity index (χ1n) is 9.51. The predicted octanol–water partition coefficient (Wildman–Crippen LogP) is 5.35. The molecule has 29 heavy (non-hydrogen) atoms. The number of anilines is 2. The van der Waals surface area contributed by atoms with E-state index in [1.165, 1.54) is 25.8 Å². The maximum Gasteiger partial charge on any atom is 0.341 e. The molecule has 6 heteroatoms. The molecule has 1 aliphatic carbocycles. The number of hydrogen-bond acceptors (Lipinski definition) is 5. The number of carbonyl (C=O) groups is 1. The van der Waals surface area contributed by atoms with E-state index in [2.05, 4.69) is 10.3 Å². The van der Waals surface area contributed by atoms with Crippen molar-refractivity contribution in [3.8, 4) is 16.9 Å². The Balaban J connectivity index is 1.56. The Kier molecular flexibility index (Phi) is 5.42. The van der Waals surface area contributed by atoms with E-state index in [1.807, 2.05) is 30.3 Å². The molecule has 1 N–H and O–H groups in total. The molecule has 148 valence electrons. The molecular formula is C23H21FN2O3. The molecule has 0 atom stereocenters. The van der Waals surface area contributed by atoms with Crippen molar-refractivity contribution in [1.29, 1.82) is 0 Å². The minimum absolute atomic E-state index is 0.222. The summed E-state index contributed by atoms with van der Waals surface area (Å²) in [4.78, 5) is 16.0. The van der Waals surface area contributed by atoms with Crippen LogP contribution in [0.5, 0.6) is 5.75 Å². The quantitative estimate of drug-likeness (QED) is 0.573. The number of halogens is 1. The van der Waals surface area contributed by atoms with Gasteiger partial charge in [0.1, 0.15) is 22.9 Å². The van der Waals surface area contributed by atoms with E-state index < -0.39 is 11.8 Å². The van der Waals surface area contributed by atoms with E-state index in [0.717, 1.165) is 29.7 Å². The number of pyridine rings is 1. The molecule has 0 aliphatic heterocycles. The highest BCUT2D eigenvalue weighted by atomic mass is 19.1. The van der Waals surface area contributed by atoms with Gasteiger partial charge < -0.3 is 14.8 Å². The van der Waals surface area contributed by atoms with Gasteiger partial charge in [-0.05, 0) is 66.8 Å². The second kappa shape index (κ2) is 8.31. The maximum atomic E-state index is 14.8. The number of hydrogen-bond donors (Lipinski definition) is 1. The van der Waals surface area contributed by atoms with Crippen LogP contribution < -0.4 is 10.1 Å². The van der Waals surface area contributed by atoms with Gasteiger partial charge in [-0.25, -0.2) is 14.2 Å². The molecular weight excluding hydrogens is 371 g/mol. The fourth-order valence-electron chi connectivity index (χ4n) is 3.13. The number of benzene rings is 2. The van der Waals surface area contributed by atoms with Crippen molar-refractivity contribution in [3.05, 3.63) is 72.2 Å². The average Bonchev–Trinajstić information content (AvgIpc) is 2.72. The molecule has 1 fully saturated rings. The summed E-state index contributed by atoms with van der Waals surface area (Å²) in [5.41, 5.74) is 2.07. The minimum Gasteiger partial charge on any atom is -0.490 e. The number of rotatable bonds is 6. The number of ether oxygens (including phenoxy) is 2. The van der Waals surface area contributed by atoms with Gasteiger partial charge >= 0.3 is 5.97 Å². The molecule has 1 saturated carbocycles. The van der Waals surface area contributed by atoms with E-state index in [1.54, 1.807) is 18.2 Å². The zero-order valence-electron chi connectivity index (χ0n) is 16.0. The van der Waals surface area contributed by atoms with Crippen LogP contribution in [0.4, 0.5) is 15.9 Å². The van der Waals surface area contributed by atoms with Crippen molar-refractivity contribution in [2.24, 2.45) is 0 Å². The summed E-state index contributed by atoms with van der Waals surface area (Å²) in [6.45, 7) is 0. The Labute approximate surface area is 168 Å². The molecule has 0 amide bonds. The van der Waals surface area contributed by atoms with Crippen LogP contribution in [-0.4, -0.2) is 24.2 Å². The number of nitrogens with one attached hydrogen (secondary N) is 1. The van der Waals surface area contributed by atoms with Gasteiger partial charge in [0.2, 0.25) is 0 Å². The largest absolute Gasteiger partial charge is 0.490 e. The number of nitrogens with zero attached hydrogens (tertiary/aromatic N) is 1. The van der Waals surface area contributed by atoms with Crippen LogP contribution in [0.2, 0.25) is 0 Å². The van der Waals surface area contributed by atoms with E-state index in [-0.39, 0.29) is 23.2 Å². The van der Waals surface area contributed by atoms with Gasteiger partial charge in [0.05, 0.1) is 18.9 Å². The Bertz CT molecular complexity index is 1030. The second-order valence-electron chi connectivity index (χ2n) is 6.91. The van der Waals surface area contributed by atoms with Crippen molar-refractivity contribution < 1.29 is 18.7 Å². The fraction of sp³-hybridized carbons (Fsp3) is 0.217. The first kappa shape index (κ1) is 18.9. The van der Waals surface area contributed by atoms with Gasteiger partial charge in [0.15, 0.2) is 0 Å². The van der Waals surface area contributed by atoms with Crippen molar-refractivity contribution in [3.63, 3.8) is 0 Å². The highest BCUT2D eigenvalue weighted by Gasteiger charge is 2.19. The zero-order chi connectivity index (χ0) is 20.2. The molecule has 1 heterocycles. The third-order valence-corrected chi connectivity index (χ3v) is 4.96. The number of aromatic nitrogens is 1. The monoisotopic (exact) mass is 392 g/mol. The summed E-state index contributed by atoms with van der Waals surface area (Å²) < 4.78 is 25.5. The zero-order valence-corrected chi connectivity index (χ0v) is 16.0. The van der Waals surface area contributed by atoms with Crippen LogP contribution in [0, 0.1) is 5.82 Å². The van der Waals surface area contributed by atoms with Crippen molar-refractivity contribution >= 4 is 17.5 Å². The molecule has 0 radical (unpaired) electrons. The first-order valence-corrected chi connectivity index (χ1v) is 9.51. The van der Waals surface area contributed by atoms with Gasteiger partial charge in [-0.15, -0.1) is 0 Å². The summed E-state index contributed by atoms with van der Waals surface area (Å²) in [5, 5.41) is 2.88. The lowest BCUT2D eigenvalue weighted by Gasteiger charge is -2.26. The fourth-order valence-corrected chi connectivity index (χ4v) is 3.13. The highest BCUT2D eigenvalue weighted by molar-refractivity contribution is 5.95. The summed E-state index contributed by atoms with van der Waals surface area (Å²) in [6, 6.07) is 15.8. The summed E-state index contributed by atoms with van der Waals surface area (Å²) in [6.07, 6.45) is 5.18. The smallest absolute Gasteiger partial charge is 0.341 e. The number of methoxy groups -OCH3 is 1. The van der Waals surface area contributed by atoms with E-state index in [0.29, 0.717) is 0 Å². The first-order chi connectivity index (χ1) is 14.1. The predicted molar refractivity (Wildman–Crippen MR) is 109 cm³/mol. The van der Waals surface area contributed by atoms with Crippen LogP contribution in [0.25, 0.3) is 11.1 Å². The van der Waals surface area contributed by atoms with Crippen LogP contribution >= 0.6 is 0 Å². The van der Waals surface area contributed by atoms with E-state index in [4.69, 9.17) is 9.47 Å². The highest BCUT2D eigenvalue weighted by Crippen LogP contribution is 2.31. The Morgan fingerprint density at radius 1 is 1.10 bits per heavy atom.